The molecule has 0 aliphatic carbocycles. The van der Waals surface area contributed by atoms with E-state index >= 15 is 0 Å². The largest absolute Gasteiger partial charge is 0.493 e. The maximum atomic E-state index is 13.5. The van der Waals surface area contributed by atoms with Gasteiger partial charge < -0.3 is 15.2 Å². The van der Waals surface area contributed by atoms with Gasteiger partial charge in [0.15, 0.2) is 23.1 Å². The molecule has 0 amide bonds. The summed E-state index contributed by atoms with van der Waals surface area (Å²) < 4.78 is 36.8. The van der Waals surface area contributed by atoms with Crippen LogP contribution in [0.5, 0.6) is 11.5 Å². The Bertz CT molecular complexity index is 372. The van der Waals surface area contributed by atoms with E-state index in [2.05, 4.69) is 0 Å². The summed E-state index contributed by atoms with van der Waals surface area (Å²) in [5.74, 6) is -1.78. The summed E-state index contributed by atoms with van der Waals surface area (Å²) in [6.07, 6.45) is 0. The molecule has 0 fully saturated rings. The van der Waals surface area contributed by atoms with Crippen LogP contribution in [0.25, 0.3) is 0 Å². The smallest absolute Gasteiger partial charge is 0.168 e. The highest BCUT2D eigenvalue weighted by Gasteiger charge is 2.29. The van der Waals surface area contributed by atoms with E-state index in [1.54, 1.807) is 13.8 Å². The van der Waals surface area contributed by atoms with E-state index in [9.17, 15) is 8.78 Å². The van der Waals surface area contributed by atoms with E-state index in [0.29, 0.717) is 6.07 Å². The Morgan fingerprint density at radius 1 is 1.06 bits per heavy atom. The van der Waals surface area contributed by atoms with Crippen molar-refractivity contribution in [2.75, 3.05) is 14.2 Å². The minimum atomic E-state index is -0.973. The Hall–Kier alpha value is -1.36. The third-order valence-corrected chi connectivity index (χ3v) is 2.19. The summed E-state index contributed by atoms with van der Waals surface area (Å²) in [4.78, 5) is 0. The highest BCUT2D eigenvalue weighted by molar-refractivity contribution is 5.50. The lowest BCUT2D eigenvalue weighted by molar-refractivity contribution is 0.331. The van der Waals surface area contributed by atoms with E-state index in [-0.39, 0.29) is 17.1 Å². The number of nitrogens with two attached hydrogens (primary N) is 1. The lowest BCUT2D eigenvalue weighted by Gasteiger charge is -2.25. The topological polar surface area (TPSA) is 44.5 Å². The Balaban J connectivity index is 3.62. The van der Waals surface area contributed by atoms with Gasteiger partial charge in [-0.2, -0.15) is 0 Å². The van der Waals surface area contributed by atoms with Gasteiger partial charge in [0.25, 0.3) is 0 Å². The minimum Gasteiger partial charge on any atom is -0.493 e. The van der Waals surface area contributed by atoms with Crippen molar-refractivity contribution in [3.8, 4) is 11.5 Å². The number of methoxy groups -OCH3 is 2. The molecule has 0 aliphatic rings. The van der Waals surface area contributed by atoms with E-state index in [1.165, 1.54) is 14.2 Å². The zero-order valence-corrected chi connectivity index (χ0v) is 9.73. The molecule has 0 bridgehead atoms. The Morgan fingerprint density at radius 3 is 1.69 bits per heavy atom. The van der Waals surface area contributed by atoms with Gasteiger partial charge in [0, 0.05) is 11.6 Å². The second-order valence-corrected chi connectivity index (χ2v) is 4.00. The molecule has 1 rings (SSSR count). The molecule has 0 atom stereocenters. The van der Waals surface area contributed by atoms with Crippen LogP contribution in [-0.4, -0.2) is 14.2 Å². The van der Waals surface area contributed by atoms with Crippen LogP contribution in [0.15, 0.2) is 6.07 Å². The number of rotatable bonds is 3. The van der Waals surface area contributed by atoms with Gasteiger partial charge in [0.1, 0.15) is 0 Å². The average molecular weight is 231 g/mol. The molecule has 5 heteroatoms. The second kappa shape index (κ2) is 4.25. The van der Waals surface area contributed by atoms with Gasteiger partial charge in [-0.05, 0) is 13.8 Å². The molecule has 16 heavy (non-hydrogen) atoms. The van der Waals surface area contributed by atoms with Crippen LogP contribution in [0.3, 0.4) is 0 Å². The standard InChI is InChI=1S/C11H15F2NO2/c1-11(2,14)8-9(15-3)6(12)5-7(13)10(8)16-4/h5H,14H2,1-4H3. The molecule has 3 nitrogen and oxygen atoms in total. The summed E-state index contributed by atoms with van der Waals surface area (Å²) in [6.45, 7) is 3.23. The first-order chi connectivity index (χ1) is 7.32. The average Bonchev–Trinajstić information content (AvgIpc) is 2.15. The second-order valence-electron chi connectivity index (χ2n) is 4.00. The van der Waals surface area contributed by atoms with Gasteiger partial charge in [-0.1, -0.05) is 0 Å². The monoisotopic (exact) mass is 231 g/mol. The first-order valence-electron chi connectivity index (χ1n) is 4.72. The van der Waals surface area contributed by atoms with Crippen LogP contribution < -0.4 is 15.2 Å². The molecule has 0 aliphatic heterocycles. The van der Waals surface area contributed by atoms with E-state index < -0.39 is 17.2 Å². The third-order valence-electron chi connectivity index (χ3n) is 2.19. The zero-order valence-electron chi connectivity index (χ0n) is 9.73. The summed E-state index contributed by atoms with van der Waals surface area (Å²) in [5, 5.41) is 0. The van der Waals surface area contributed by atoms with Crippen LogP contribution in [0, 0.1) is 11.6 Å². The number of benzene rings is 1. The van der Waals surface area contributed by atoms with E-state index in [1.807, 2.05) is 0 Å². The first-order valence-corrected chi connectivity index (χ1v) is 4.72. The lowest BCUT2D eigenvalue weighted by Crippen LogP contribution is -2.30. The van der Waals surface area contributed by atoms with E-state index in [0.717, 1.165) is 0 Å². The summed E-state index contributed by atoms with van der Waals surface area (Å²) in [6, 6.07) is 0.715. The fraction of sp³-hybridized carbons (Fsp3) is 0.455. The molecular weight excluding hydrogens is 216 g/mol. The number of hydrogen-bond donors (Lipinski definition) is 1. The molecule has 0 aromatic heterocycles. The van der Waals surface area contributed by atoms with Crippen LogP contribution in [0.4, 0.5) is 8.78 Å². The molecule has 0 unspecified atom stereocenters. The van der Waals surface area contributed by atoms with Crippen molar-refractivity contribution in [3.63, 3.8) is 0 Å². The van der Waals surface area contributed by atoms with Gasteiger partial charge in [0.2, 0.25) is 0 Å². The SMILES string of the molecule is COc1c(F)cc(F)c(OC)c1C(C)(C)N. The summed E-state index contributed by atoms with van der Waals surface area (Å²) >= 11 is 0. The van der Waals surface area contributed by atoms with Crippen molar-refractivity contribution in [3.05, 3.63) is 23.3 Å². The van der Waals surface area contributed by atoms with Crippen molar-refractivity contribution in [1.29, 1.82) is 0 Å². The van der Waals surface area contributed by atoms with Crippen LogP contribution >= 0.6 is 0 Å². The van der Waals surface area contributed by atoms with Gasteiger partial charge >= 0.3 is 0 Å². The van der Waals surface area contributed by atoms with E-state index in [4.69, 9.17) is 15.2 Å². The zero-order chi connectivity index (χ0) is 12.5. The molecule has 2 N–H and O–H groups in total. The van der Waals surface area contributed by atoms with Crippen LogP contribution in [-0.2, 0) is 5.54 Å². The van der Waals surface area contributed by atoms with Crippen LogP contribution in [0.1, 0.15) is 19.4 Å². The quantitative estimate of drug-likeness (QED) is 0.867. The molecule has 1 aromatic carbocycles. The van der Waals surface area contributed by atoms with Crippen molar-refractivity contribution in [2.45, 2.75) is 19.4 Å². The summed E-state index contributed by atoms with van der Waals surface area (Å²) in [7, 11) is 2.59. The summed E-state index contributed by atoms with van der Waals surface area (Å²) in [5.41, 5.74) is 5.06. The normalized spacial score (nSPS) is 11.4. The molecule has 0 heterocycles. The first kappa shape index (κ1) is 12.7. The number of hydrogen-bond acceptors (Lipinski definition) is 3. The van der Waals surface area contributed by atoms with Gasteiger partial charge in [-0.15, -0.1) is 0 Å². The van der Waals surface area contributed by atoms with Crippen molar-refractivity contribution in [1.82, 2.24) is 0 Å². The predicted molar refractivity (Wildman–Crippen MR) is 56.7 cm³/mol. The predicted octanol–water partition coefficient (Wildman–Crippen LogP) is 2.18. The molecular formula is C11H15F2NO2. The van der Waals surface area contributed by atoms with Crippen molar-refractivity contribution < 1.29 is 18.3 Å². The molecule has 0 spiro atoms. The Labute approximate surface area is 93.2 Å². The van der Waals surface area contributed by atoms with Gasteiger partial charge in [-0.3, -0.25) is 0 Å². The van der Waals surface area contributed by atoms with Gasteiger partial charge in [0.05, 0.1) is 19.8 Å². The lowest BCUT2D eigenvalue weighted by atomic mass is 9.93. The molecule has 90 valence electrons. The number of ether oxygens (including phenoxy) is 2. The van der Waals surface area contributed by atoms with Gasteiger partial charge in [-0.25, -0.2) is 8.78 Å². The molecule has 1 aromatic rings. The Morgan fingerprint density at radius 2 is 1.44 bits per heavy atom. The molecule has 0 saturated heterocycles. The Kier molecular flexibility index (Phi) is 3.38. The van der Waals surface area contributed by atoms with Crippen molar-refractivity contribution >= 4 is 0 Å². The number of halogens is 2. The molecule has 0 saturated carbocycles. The maximum Gasteiger partial charge on any atom is 0.168 e. The maximum absolute atomic E-state index is 13.5. The minimum absolute atomic E-state index is 0.0919. The fourth-order valence-electron chi connectivity index (χ4n) is 1.57. The van der Waals surface area contributed by atoms with Crippen LogP contribution in [0.2, 0.25) is 0 Å². The highest BCUT2D eigenvalue weighted by atomic mass is 19.1. The van der Waals surface area contributed by atoms with Crippen molar-refractivity contribution in [2.24, 2.45) is 5.73 Å². The highest BCUT2D eigenvalue weighted by Crippen LogP contribution is 2.39. The fourth-order valence-corrected chi connectivity index (χ4v) is 1.57. The molecule has 0 radical (unpaired) electrons. The third kappa shape index (κ3) is 2.09.